The first-order valence-electron chi connectivity index (χ1n) is 6.78. The first-order chi connectivity index (χ1) is 9.61. The lowest BCUT2D eigenvalue weighted by atomic mass is 9.85. The molecule has 0 aliphatic heterocycles. The van der Waals surface area contributed by atoms with Gasteiger partial charge in [0.1, 0.15) is 6.10 Å². The highest BCUT2D eigenvalue weighted by Gasteiger charge is 2.29. The number of carbonyl (C=O) groups is 1. The van der Waals surface area contributed by atoms with Crippen molar-refractivity contribution in [3.8, 4) is 0 Å². The van der Waals surface area contributed by atoms with Crippen molar-refractivity contribution in [2.45, 2.75) is 51.1 Å². The quantitative estimate of drug-likeness (QED) is 0.805. The van der Waals surface area contributed by atoms with Crippen LogP contribution in [0, 0.1) is 5.92 Å². The summed E-state index contributed by atoms with van der Waals surface area (Å²) in [5, 5.41) is 3.77. The summed E-state index contributed by atoms with van der Waals surface area (Å²) >= 11 is 0. The number of methoxy groups -OCH3 is 1. The Labute approximate surface area is 115 Å². The zero-order valence-electron chi connectivity index (χ0n) is 11.3. The Kier molecular flexibility index (Phi) is 5.17. The standard InChI is InChI=1S/C13H18F2N2O3/c1-19-11(8-5-3-2-4-6-8)13-16-10(20-17-13)7-9(18)12(14)15/h8,11-12H,2-7H2,1H3. The molecule has 7 heteroatoms. The summed E-state index contributed by atoms with van der Waals surface area (Å²) in [7, 11) is 1.57. The highest BCUT2D eigenvalue weighted by Crippen LogP contribution is 2.35. The summed E-state index contributed by atoms with van der Waals surface area (Å²) in [5.74, 6) is -0.642. The third-order valence-corrected chi connectivity index (χ3v) is 3.64. The summed E-state index contributed by atoms with van der Waals surface area (Å²) in [4.78, 5) is 15.0. The van der Waals surface area contributed by atoms with Crippen molar-refractivity contribution in [1.82, 2.24) is 10.1 Å². The monoisotopic (exact) mass is 288 g/mol. The molecule has 0 aromatic carbocycles. The molecule has 0 spiro atoms. The van der Waals surface area contributed by atoms with Gasteiger partial charge >= 0.3 is 0 Å². The largest absolute Gasteiger partial charge is 0.373 e. The molecule has 2 rings (SSSR count). The summed E-state index contributed by atoms with van der Waals surface area (Å²) in [5.41, 5.74) is 0. The fourth-order valence-electron chi connectivity index (χ4n) is 2.63. The Hall–Kier alpha value is -1.37. The second-order valence-electron chi connectivity index (χ2n) is 5.04. The van der Waals surface area contributed by atoms with E-state index < -0.39 is 18.6 Å². The number of aromatic nitrogens is 2. The highest BCUT2D eigenvalue weighted by atomic mass is 19.3. The Bertz CT molecular complexity index is 445. The lowest BCUT2D eigenvalue weighted by molar-refractivity contribution is -0.129. The van der Waals surface area contributed by atoms with Crippen LogP contribution in [0.2, 0.25) is 0 Å². The van der Waals surface area contributed by atoms with Gasteiger partial charge in [0.25, 0.3) is 6.43 Å². The van der Waals surface area contributed by atoms with E-state index in [1.807, 2.05) is 0 Å². The summed E-state index contributed by atoms with van der Waals surface area (Å²) in [6, 6.07) is 0. The smallest absolute Gasteiger partial charge is 0.296 e. The number of alkyl halides is 2. The summed E-state index contributed by atoms with van der Waals surface area (Å²) < 4.78 is 34.6. The second kappa shape index (κ2) is 6.88. The van der Waals surface area contributed by atoms with Gasteiger partial charge in [-0.1, -0.05) is 24.4 Å². The van der Waals surface area contributed by atoms with Crippen molar-refractivity contribution < 1.29 is 22.8 Å². The van der Waals surface area contributed by atoms with E-state index in [9.17, 15) is 13.6 Å². The van der Waals surface area contributed by atoms with Crippen molar-refractivity contribution >= 4 is 5.78 Å². The van der Waals surface area contributed by atoms with Gasteiger partial charge in [0, 0.05) is 7.11 Å². The number of hydrogen-bond donors (Lipinski definition) is 0. The molecule has 0 N–H and O–H groups in total. The molecule has 1 atom stereocenters. The number of carbonyl (C=O) groups excluding carboxylic acids is 1. The molecule has 1 aromatic heterocycles. The van der Waals surface area contributed by atoms with Gasteiger partial charge in [-0.15, -0.1) is 0 Å². The Morgan fingerprint density at radius 2 is 2.10 bits per heavy atom. The number of halogens is 2. The molecule has 0 amide bonds. The van der Waals surface area contributed by atoms with Crippen LogP contribution in [0.25, 0.3) is 0 Å². The second-order valence-corrected chi connectivity index (χ2v) is 5.04. The first-order valence-corrected chi connectivity index (χ1v) is 6.78. The zero-order valence-corrected chi connectivity index (χ0v) is 11.3. The van der Waals surface area contributed by atoms with Crippen LogP contribution in [0.15, 0.2) is 4.52 Å². The number of nitrogens with zero attached hydrogens (tertiary/aromatic N) is 2. The van der Waals surface area contributed by atoms with Gasteiger partial charge in [0.2, 0.25) is 17.5 Å². The van der Waals surface area contributed by atoms with E-state index >= 15 is 0 Å². The fourth-order valence-corrected chi connectivity index (χ4v) is 2.63. The maximum atomic E-state index is 12.2. The van der Waals surface area contributed by atoms with Crippen LogP contribution in [0.3, 0.4) is 0 Å². The Morgan fingerprint density at radius 3 is 2.70 bits per heavy atom. The molecule has 1 heterocycles. The van der Waals surface area contributed by atoms with E-state index in [0.29, 0.717) is 11.7 Å². The van der Waals surface area contributed by atoms with Crippen LogP contribution in [0.5, 0.6) is 0 Å². The van der Waals surface area contributed by atoms with Gasteiger partial charge in [0.05, 0.1) is 6.42 Å². The van der Waals surface area contributed by atoms with Crippen molar-refractivity contribution in [2.24, 2.45) is 5.92 Å². The van der Waals surface area contributed by atoms with Crippen LogP contribution in [-0.4, -0.2) is 29.5 Å². The number of ether oxygens (including phenoxy) is 1. The van der Waals surface area contributed by atoms with Gasteiger partial charge in [-0.25, -0.2) is 8.78 Å². The number of Topliss-reactive ketones (excluding diaryl/α,β-unsaturated/α-hetero) is 1. The molecular weight excluding hydrogens is 270 g/mol. The van der Waals surface area contributed by atoms with Crippen molar-refractivity contribution in [2.75, 3.05) is 7.11 Å². The third kappa shape index (κ3) is 3.59. The molecule has 1 fully saturated rings. The predicted octanol–water partition coefficient (Wildman–Crippen LogP) is 2.71. The topological polar surface area (TPSA) is 65.2 Å². The number of rotatable bonds is 6. The van der Waals surface area contributed by atoms with E-state index in [4.69, 9.17) is 9.26 Å². The molecular formula is C13H18F2N2O3. The molecule has 1 aliphatic rings. The molecule has 0 bridgehead atoms. The van der Waals surface area contributed by atoms with Crippen molar-refractivity contribution in [1.29, 1.82) is 0 Å². The minimum absolute atomic E-state index is 0.0804. The van der Waals surface area contributed by atoms with Crippen LogP contribution >= 0.6 is 0 Å². The maximum absolute atomic E-state index is 12.2. The third-order valence-electron chi connectivity index (χ3n) is 3.64. The average Bonchev–Trinajstić information content (AvgIpc) is 2.89. The maximum Gasteiger partial charge on any atom is 0.296 e. The average molecular weight is 288 g/mol. The molecule has 1 saturated carbocycles. The minimum atomic E-state index is -3.01. The molecule has 1 aromatic rings. The highest BCUT2D eigenvalue weighted by molar-refractivity contribution is 5.82. The van der Waals surface area contributed by atoms with Crippen molar-refractivity contribution in [3.63, 3.8) is 0 Å². The zero-order chi connectivity index (χ0) is 14.5. The lowest BCUT2D eigenvalue weighted by Gasteiger charge is -2.26. The molecule has 20 heavy (non-hydrogen) atoms. The first kappa shape index (κ1) is 15.0. The van der Waals surface area contributed by atoms with Gasteiger partial charge in [-0.3, -0.25) is 4.79 Å². The number of hydrogen-bond acceptors (Lipinski definition) is 5. The lowest BCUT2D eigenvalue weighted by Crippen LogP contribution is -2.19. The Morgan fingerprint density at radius 1 is 1.40 bits per heavy atom. The Balaban J connectivity index is 2.03. The van der Waals surface area contributed by atoms with Crippen LogP contribution in [0.1, 0.15) is 49.9 Å². The normalized spacial score (nSPS) is 18.4. The minimum Gasteiger partial charge on any atom is -0.373 e. The molecule has 0 radical (unpaired) electrons. The summed E-state index contributed by atoms with van der Waals surface area (Å²) in [6.07, 6.45) is 1.70. The molecule has 112 valence electrons. The van der Waals surface area contributed by atoms with E-state index in [0.717, 1.165) is 25.7 Å². The molecule has 1 aliphatic carbocycles. The van der Waals surface area contributed by atoms with Gasteiger partial charge in [0.15, 0.2) is 0 Å². The fraction of sp³-hybridized carbons (Fsp3) is 0.769. The molecule has 0 saturated heterocycles. The SMILES string of the molecule is COC(c1noc(CC(=O)C(F)F)n1)C1CCCCC1. The van der Waals surface area contributed by atoms with E-state index in [-0.39, 0.29) is 12.0 Å². The van der Waals surface area contributed by atoms with Crippen LogP contribution < -0.4 is 0 Å². The van der Waals surface area contributed by atoms with E-state index in [1.165, 1.54) is 6.42 Å². The van der Waals surface area contributed by atoms with E-state index in [2.05, 4.69) is 10.1 Å². The van der Waals surface area contributed by atoms with Gasteiger partial charge < -0.3 is 9.26 Å². The predicted molar refractivity (Wildman–Crippen MR) is 65.3 cm³/mol. The van der Waals surface area contributed by atoms with E-state index in [1.54, 1.807) is 7.11 Å². The molecule has 1 unspecified atom stereocenters. The summed E-state index contributed by atoms with van der Waals surface area (Å²) in [6.45, 7) is 0. The number of ketones is 1. The molecule has 5 nitrogen and oxygen atoms in total. The van der Waals surface area contributed by atoms with Crippen molar-refractivity contribution in [3.05, 3.63) is 11.7 Å². The van der Waals surface area contributed by atoms with Gasteiger partial charge in [-0.05, 0) is 18.8 Å². The van der Waals surface area contributed by atoms with Crippen LogP contribution in [-0.2, 0) is 16.0 Å². The van der Waals surface area contributed by atoms with Gasteiger partial charge in [-0.2, -0.15) is 4.98 Å². The van der Waals surface area contributed by atoms with Crippen LogP contribution in [0.4, 0.5) is 8.78 Å².